The van der Waals surface area contributed by atoms with Crippen LogP contribution >= 0.6 is 0 Å². The number of carbonyl (C=O) groups excluding carboxylic acids is 1. The average molecular weight is 364 g/mol. The lowest BCUT2D eigenvalue weighted by Crippen LogP contribution is -2.40. The van der Waals surface area contributed by atoms with Gasteiger partial charge in [0.05, 0.1) is 26.9 Å². The summed E-state index contributed by atoms with van der Waals surface area (Å²) >= 11 is 0. The third-order valence-electron chi connectivity index (χ3n) is 4.83. The summed E-state index contributed by atoms with van der Waals surface area (Å²) in [6, 6.07) is 3.41. The van der Waals surface area contributed by atoms with E-state index in [1.54, 1.807) is 19.2 Å². The van der Waals surface area contributed by atoms with Crippen LogP contribution in [0.3, 0.4) is 0 Å². The number of piperidine rings is 1. The first-order chi connectivity index (χ1) is 12.5. The van der Waals surface area contributed by atoms with Crippen LogP contribution in [0, 0.1) is 11.8 Å². The number of ether oxygens (including phenoxy) is 3. The van der Waals surface area contributed by atoms with Crippen molar-refractivity contribution < 1.29 is 19.0 Å². The van der Waals surface area contributed by atoms with E-state index in [9.17, 15) is 4.79 Å². The maximum absolute atomic E-state index is 12.5. The lowest BCUT2D eigenvalue weighted by molar-refractivity contribution is 0.0943. The topological polar surface area (TPSA) is 60.0 Å². The summed E-state index contributed by atoms with van der Waals surface area (Å²) in [5.41, 5.74) is 0.449. The highest BCUT2D eigenvalue weighted by Gasteiger charge is 2.22. The van der Waals surface area contributed by atoms with Gasteiger partial charge in [-0.3, -0.25) is 4.79 Å². The Hall–Kier alpha value is -1.95. The number of rotatable bonds is 8. The lowest BCUT2D eigenvalue weighted by Gasteiger charge is -2.34. The minimum atomic E-state index is -0.164. The number of carbonyl (C=O) groups is 1. The van der Waals surface area contributed by atoms with Gasteiger partial charge in [-0.15, -0.1) is 0 Å². The standard InChI is InChI=1S/C20H32N2O4/c1-14-11-15(2)13-22(12-14)10-6-9-21-20(23)16-7-8-17(24-3)19(26-5)18(16)25-4/h7-8,14-15H,6,9-13H2,1-5H3,(H,21,23). The molecule has 0 aromatic heterocycles. The predicted octanol–water partition coefficient (Wildman–Crippen LogP) is 2.81. The van der Waals surface area contributed by atoms with Crippen LogP contribution in [0.15, 0.2) is 12.1 Å². The summed E-state index contributed by atoms with van der Waals surface area (Å²) in [6.45, 7) is 8.58. The molecule has 2 atom stereocenters. The van der Waals surface area contributed by atoms with Crippen molar-refractivity contribution in [2.75, 3.05) is 47.5 Å². The average Bonchev–Trinajstić information content (AvgIpc) is 2.62. The van der Waals surface area contributed by atoms with Crippen LogP contribution in [0.5, 0.6) is 17.2 Å². The van der Waals surface area contributed by atoms with Crippen molar-refractivity contribution >= 4 is 5.91 Å². The summed E-state index contributed by atoms with van der Waals surface area (Å²) < 4.78 is 16.0. The van der Waals surface area contributed by atoms with Crippen molar-refractivity contribution in [1.82, 2.24) is 10.2 Å². The van der Waals surface area contributed by atoms with E-state index in [0.717, 1.165) is 37.9 Å². The van der Waals surface area contributed by atoms with Crippen molar-refractivity contribution in [3.8, 4) is 17.2 Å². The third kappa shape index (κ3) is 5.04. The summed E-state index contributed by atoms with van der Waals surface area (Å²) in [4.78, 5) is 15.0. The van der Waals surface area contributed by atoms with Crippen LogP contribution in [0.25, 0.3) is 0 Å². The second-order valence-electron chi connectivity index (χ2n) is 7.20. The molecule has 0 saturated carbocycles. The zero-order valence-corrected chi connectivity index (χ0v) is 16.6. The van der Waals surface area contributed by atoms with Crippen molar-refractivity contribution in [3.05, 3.63) is 17.7 Å². The summed E-state index contributed by atoms with van der Waals surface area (Å²) in [6.07, 6.45) is 2.24. The Labute approximate surface area is 156 Å². The fourth-order valence-corrected chi connectivity index (χ4v) is 3.85. The fraction of sp³-hybridized carbons (Fsp3) is 0.650. The van der Waals surface area contributed by atoms with Crippen LogP contribution in [0.1, 0.15) is 37.0 Å². The molecule has 1 aromatic carbocycles. The SMILES string of the molecule is COc1ccc(C(=O)NCCCN2CC(C)CC(C)C2)c(OC)c1OC. The van der Waals surface area contributed by atoms with Crippen molar-refractivity contribution in [2.24, 2.45) is 11.8 Å². The number of likely N-dealkylation sites (tertiary alicyclic amines) is 1. The smallest absolute Gasteiger partial charge is 0.255 e. The lowest BCUT2D eigenvalue weighted by atomic mass is 9.92. The molecule has 1 aliphatic heterocycles. The minimum Gasteiger partial charge on any atom is -0.493 e. The van der Waals surface area contributed by atoms with Gasteiger partial charge in [-0.2, -0.15) is 0 Å². The van der Waals surface area contributed by atoms with E-state index in [1.807, 2.05) is 0 Å². The summed E-state index contributed by atoms with van der Waals surface area (Å²) in [5, 5.41) is 2.98. The van der Waals surface area contributed by atoms with Gasteiger partial charge in [0.1, 0.15) is 0 Å². The van der Waals surface area contributed by atoms with E-state index in [2.05, 4.69) is 24.1 Å². The molecule has 1 amide bonds. The van der Waals surface area contributed by atoms with E-state index in [-0.39, 0.29) is 5.91 Å². The van der Waals surface area contributed by atoms with Crippen LogP contribution in [0.4, 0.5) is 0 Å². The van der Waals surface area contributed by atoms with Gasteiger partial charge >= 0.3 is 0 Å². The largest absolute Gasteiger partial charge is 0.493 e. The molecule has 146 valence electrons. The van der Waals surface area contributed by atoms with Gasteiger partial charge in [0, 0.05) is 19.6 Å². The minimum absolute atomic E-state index is 0.164. The molecular formula is C20H32N2O4. The fourth-order valence-electron chi connectivity index (χ4n) is 3.85. The number of hydrogen-bond acceptors (Lipinski definition) is 5. The second-order valence-corrected chi connectivity index (χ2v) is 7.20. The Balaban J connectivity index is 1.90. The van der Waals surface area contributed by atoms with Gasteiger partial charge in [-0.1, -0.05) is 13.8 Å². The molecule has 1 aromatic rings. The molecule has 1 saturated heterocycles. The number of methoxy groups -OCH3 is 3. The summed E-state index contributed by atoms with van der Waals surface area (Å²) in [5.74, 6) is 2.70. The normalized spacial score (nSPS) is 20.5. The Morgan fingerprint density at radius 2 is 1.73 bits per heavy atom. The van der Waals surface area contributed by atoms with Crippen LogP contribution in [-0.4, -0.2) is 58.3 Å². The molecule has 1 heterocycles. The van der Waals surface area contributed by atoms with E-state index >= 15 is 0 Å². The van der Waals surface area contributed by atoms with Gasteiger partial charge in [-0.25, -0.2) is 0 Å². The predicted molar refractivity (Wildman–Crippen MR) is 102 cm³/mol. The van der Waals surface area contributed by atoms with Gasteiger partial charge in [0.25, 0.3) is 5.91 Å². The molecule has 2 unspecified atom stereocenters. The van der Waals surface area contributed by atoms with Crippen molar-refractivity contribution in [1.29, 1.82) is 0 Å². The zero-order valence-electron chi connectivity index (χ0n) is 16.6. The zero-order chi connectivity index (χ0) is 19.1. The van der Waals surface area contributed by atoms with Crippen LogP contribution < -0.4 is 19.5 Å². The Bertz CT molecular complexity index is 596. The molecule has 0 bridgehead atoms. The first-order valence-corrected chi connectivity index (χ1v) is 9.29. The van der Waals surface area contributed by atoms with E-state index in [1.165, 1.54) is 20.6 Å². The molecule has 1 aliphatic rings. The molecule has 6 nitrogen and oxygen atoms in total. The number of nitrogens with zero attached hydrogens (tertiary/aromatic N) is 1. The molecule has 26 heavy (non-hydrogen) atoms. The highest BCUT2D eigenvalue weighted by Crippen LogP contribution is 2.39. The number of benzene rings is 1. The summed E-state index contributed by atoms with van der Waals surface area (Å²) in [7, 11) is 4.61. The van der Waals surface area contributed by atoms with Gasteiger partial charge in [0.15, 0.2) is 11.5 Å². The molecule has 2 rings (SSSR count). The molecule has 6 heteroatoms. The first kappa shape index (κ1) is 20.4. The first-order valence-electron chi connectivity index (χ1n) is 9.29. The second kappa shape index (κ2) is 9.67. The van der Waals surface area contributed by atoms with E-state index in [4.69, 9.17) is 14.2 Å². The highest BCUT2D eigenvalue weighted by molar-refractivity contribution is 5.98. The highest BCUT2D eigenvalue weighted by atomic mass is 16.5. The number of amides is 1. The Kier molecular flexibility index (Phi) is 7.57. The van der Waals surface area contributed by atoms with Crippen molar-refractivity contribution in [3.63, 3.8) is 0 Å². The van der Waals surface area contributed by atoms with Gasteiger partial charge < -0.3 is 24.4 Å². The Morgan fingerprint density at radius 3 is 2.31 bits per heavy atom. The van der Waals surface area contributed by atoms with Crippen LogP contribution in [-0.2, 0) is 0 Å². The molecule has 0 radical (unpaired) electrons. The quantitative estimate of drug-likeness (QED) is 0.719. The number of hydrogen-bond donors (Lipinski definition) is 1. The maximum atomic E-state index is 12.5. The van der Waals surface area contributed by atoms with Crippen molar-refractivity contribution in [2.45, 2.75) is 26.7 Å². The number of nitrogens with one attached hydrogen (secondary N) is 1. The van der Waals surface area contributed by atoms with Gasteiger partial charge in [-0.05, 0) is 43.4 Å². The molecule has 1 N–H and O–H groups in total. The van der Waals surface area contributed by atoms with Gasteiger partial charge in [0.2, 0.25) is 5.75 Å². The maximum Gasteiger partial charge on any atom is 0.255 e. The molecule has 0 aliphatic carbocycles. The third-order valence-corrected chi connectivity index (χ3v) is 4.83. The van der Waals surface area contributed by atoms with E-state index < -0.39 is 0 Å². The monoisotopic (exact) mass is 364 g/mol. The Morgan fingerprint density at radius 1 is 1.08 bits per heavy atom. The van der Waals surface area contributed by atoms with E-state index in [0.29, 0.717) is 29.4 Å². The molecular weight excluding hydrogens is 332 g/mol. The molecule has 0 spiro atoms. The van der Waals surface area contributed by atoms with Crippen LogP contribution in [0.2, 0.25) is 0 Å². The molecule has 1 fully saturated rings.